The molecule has 4 rings (SSSR count). The smallest absolute Gasteiger partial charge is 0.261 e. The highest BCUT2D eigenvalue weighted by Gasteiger charge is 2.14. The molecule has 2 aromatic heterocycles. The number of hydrogen-bond donors (Lipinski definition) is 2. The van der Waals surface area contributed by atoms with Gasteiger partial charge in [-0.25, -0.2) is 0 Å². The van der Waals surface area contributed by atoms with Crippen LogP contribution < -0.4 is 10.9 Å². The Morgan fingerprint density at radius 3 is 2.64 bits per heavy atom. The van der Waals surface area contributed by atoms with E-state index in [2.05, 4.69) is 27.3 Å². The van der Waals surface area contributed by atoms with Gasteiger partial charge in [-0.3, -0.25) is 9.59 Å². The van der Waals surface area contributed by atoms with Crippen LogP contribution in [0.2, 0.25) is 0 Å². The molecule has 2 heterocycles. The first-order chi connectivity index (χ1) is 13.6. The van der Waals surface area contributed by atoms with E-state index in [1.165, 1.54) is 16.9 Å². The number of H-pyrrole nitrogens is 1. The van der Waals surface area contributed by atoms with Crippen LogP contribution in [0.3, 0.4) is 0 Å². The highest BCUT2D eigenvalue weighted by atomic mass is 32.1. The van der Waals surface area contributed by atoms with E-state index in [4.69, 9.17) is 0 Å². The predicted molar refractivity (Wildman–Crippen MR) is 115 cm³/mol. The SMILES string of the molecule is CN(CCNC(=O)c1cc2c(=O)[nH]c3ccccc3c2s1)Cc1ccccc1. The van der Waals surface area contributed by atoms with Crippen LogP contribution in [0.15, 0.2) is 65.5 Å². The molecule has 28 heavy (non-hydrogen) atoms. The Labute approximate surface area is 166 Å². The number of amides is 1. The fourth-order valence-electron chi connectivity index (χ4n) is 3.27. The zero-order valence-corrected chi connectivity index (χ0v) is 16.4. The van der Waals surface area contributed by atoms with Crippen molar-refractivity contribution in [1.82, 2.24) is 15.2 Å². The summed E-state index contributed by atoms with van der Waals surface area (Å²) in [5, 5.41) is 4.49. The summed E-state index contributed by atoms with van der Waals surface area (Å²) < 4.78 is 0.852. The summed E-state index contributed by atoms with van der Waals surface area (Å²) in [5.41, 5.74) is 1.87. The fraction of sp³-hybridized carbons (Fsp3) is 0.182. The Morgan fingerprint density at radius 2 is 1.82 bits per heavy atom. The topological polar surface area (TPSA) is 65.2 Å². The number of carbonyl (C=O) groups is 1. The summed E-state index contributed by atoms with van der Waals surface area (Å²) in [6.45, 7) is 2.13. The molecule has 0 aliphatic rings. The zero-order valence-electron chi connectivity index (χ0n) is 15.6. The lowest BCUT2D eigenvalue weighted by molar-refractivity contribution is 0.0953. The van der Waals surface area contributed by atoms with Crippen LogP contribution >= 0.6 is 11.3 Å². The van der Waals surface area contributed by atoms with E-state index >= 15 is 0 Å². The summed E-state index contributed by atoms with van der Waals surface area (Å²) in [6, 6.07) is 19.6. The zero-order chi connectivity index (χ0) is 19.5. The van der Waals surface area contributed by atoms with Crippen molar-refractivity contribution in [3.05, 3.63) is 81.5 Å². The number of hydrogen-bond acceptors (Lipinski definition) is 4. The summed E-state index contributed by atoms with van der Waals surface area (Å²) in [5.74, 6) is -0.141. The molecule has 0 atom stereocenters. The molecule has 0 saturated carbocycles. The molecule has 6 heteroatoms. The van der Waals surface area contributed by atoms with E-state index in [9.17, 15) is 9.59 Å². The summed E-state index contributed by atoms with van der Waals surface area (Å²) >= 11 is 1.36. The maximum absolute atomic E-state index is 12.6. The average molecular weight is 391 g/mol. The van der Waals surface area contributed by atoms with Crippen molar-refractivity contribution in [2.45, 2.75) is 6.54 Å². The molecule has 0 aliphatic heterocycles. The molecule has 0 fully saturated rings. The van der Waals surface area contributed by atoms with Crippen LogP contribution in [0.5, 0.6) is 0 Å². The van der Waals surface area contributed by atoms with Gasteiger partial charge in [0.15, 0.2) is 0 Å². The van der Waals surface area contributed by atoms with Crippen molar-refractivity contribution in [3.63, 3.8) is 0 Å². The van der Waals surface area contributed by atoms with Gasteiger partial charge < -0.3 is 15.2 Å². The van der Waals surface area contributed by atoms with Gasteiger partial charge in [-0.05, 0) is 24.7 Å². The average Bonchev–Trinajstić information content (AvgIpc) is 3.15. The second-order valence-electron chi connectivity index (χ2n) is 6.83. The third-order valence-electron chi connectivity index (χ3n) is 4.69. The van der Waals surface area contributed by atoms with Crippen molar-refractivity contribution in [2.24, 2.45) is 0 Å². The predicted octanol–water partition coefficient (Wildman–Crippen LogP) is 3.60. The first-order valence-electron chi connectivity index (χ1n) is 9.17. The molecular formula is C22H21N3O2S. The van der Waals surface area contributed by atoms with Gasteiger partial charge in [0, 0.05) is 35.2 Å². The van der Waals surface area contributed by atoms with Crippen molar-refractivity contribution < 1.29 is 4.79 Å². The monoisotopic (exact) mass is 391 g/mol. The Morgan fingerprint density at radius 1 is 1.07 bits per heavy atom. The van der Waals surface area contributed by atoms with E-state index in [0.717, 1.165) is 28.7 Å². The summed E-state index contributed by atoms with van der Waals surface area (Å²) in [6.07, 6.45) is 0. The molecule has 0 saturated heterocycles. The molecule has 142 valence electrons. The number of aromatic nitrogens is 1. The van der Waals surface area contributed by atoms with Gasteiger partial charge in [-0.15, -0.1) is 11.3 Å². The van der Waals surface area contributed by atoms with E-state index in [0.29, 0.717) is 16.8 Å². The second kappa shape index (κ2) is 7.96. The first-order valence-corrected chi connectivity index (χ1v) is 9.99. The van der Waals surface area contributed by atoms with E-state index in [1.54, 1.807) is 6.07 Å². The summed E-state index contributed by atoms with van der Waals surface area (Å²) in [4.78, 5) is 30.5. The minimum absolute atomic E-state index is 0.141. The van der Waals surface area contributed by atoms with Gasteiger partial charge in [-0.2, -0.15) is 0 Å². The molecule has 0 bridgehead atoms. The Hall–Kier alpha value is -2.96. The van der Waals surface area contributed by atoms with Gasteiger partial charge in [0.1, 0.15) is 0 Å². The summed E-state index contributed by atoms with van der Waals surface area (Å²) in [7, 11) is 2.03. The van der Waals surface area contributed by atoms with Crippen molar-refractivity contribution in [2.75, 3.05) is 20.1 Å². The molecule has 1 amide bonds. The van der Waals surface area contributed by atoms with Gasteiger partial charge in [0.2, 0.25) is 0 Å². The van der Waals surface area contributed by atoms with Crippen molar-refractivity contribution >= 4 is 38.2 Å². The van der Waals surface area contributed by atoms with E-state index in [-0.39, 0.29) is 11.5 Å². The number of aromatic amines is 1. The van der Waals surface area contributed by atoms with Gasteiger partial charge >= 0.3 is 0 Å². The minimum atomic E-state index is -0.161. The lowest BCUT2D eigenvalue weighted by Crippen LogP contribution is -2.32. The standard InChI is InChI=1S/C22H21N3O2S/c1-25(14-15-7-3-2-4-8-15)12-11-23-22(27)19-13-17-20(28-19)16-9-5-6-10-18(16)24-21(17)26/h2-10,13H,11-12,14H2,1H3,(H,23,27)(H,24,26). The molecule has 2 N–H and O–H groups in total. The van der Waals surface area contributed by atoms with E-state index < -0.39 is 0 Å². The number of nitrogens with one attached hydrogen (secondary N) is 2. The van der Waals surface area contributed by atoms with Crippen LogP contribution in [-0.2, 0) is 6.54 Å². The highest BCUT2D eigenvalue weighted by molar-refractivity contribution is 7.21. The molecule has 2 aromatic carbocycles. The van der Waals surface area contributed by atoms with Crippen molar-refractivity contribution in [3.8, 4) is 0 Å². The minimum Gasteiger partial charge on any atom is -0.350 e. The maximum atomic E-state index is 12.6. The maximum Gasteiger partial charge on any atom is 0.261 e. The van der Waals surface area contributed by atoms with Crippen LogP contribution in [-0.4, -0.2) is 35.9 Å². The Balaban J connectivity index is 1.43. The molecule has 4 aromatic rings. The molecular weight excluding hydrogens is 370 g/mol. The number of likely N-dealkylation sites (N-methyl/N-ethyl adjacent to an activating group) is 1. The van der Waals surface area contributed by atoms with Gasteiger partial charge in [0.25, 0.3) is 11.5 Å². The van der Waals surface area contributed by atoms with Crippen LogP contribution in [0.25, 0.3) is 21.0 Å². The number of fused-ring (bicyclic) bond motifs is 3. The Kier molecular flexibility index (Phi) is 5.23. The number of para-hydroxylation sites is 1. The number of thiophene rings is 1. The fourth-order valence-corrected chi connectivity index (χ4v) is 4.38. The van der Waals surface area contributed by atoms with Gasteiger partial charge in [-0.1, -0.05) is 48.5 Å². The Bertz CT molecular complexity index is 1180. The molecule has 0 unspecified atom stereocenters. The highest BCUT2D eigenvalue weighted by Crippen LogP contribution is 2.29. The van der Waals surface area contributed by atoms with Gasteiger partial charge in [0.05, 0.1) is 10.3 Å². The normalized spacial score (nSPS) is 11.4. The van der Waals surface area contributed by atoms with Crippen LogP contribution in [0.1, 0.15) is 15.2 Å². The van der Waals surface area contributed by atoms with E-state index in [1.807, 2.05) is 49.5 Å². The second-order valence-corrected chi connectivity index (χ2v) is 7.88. The lowest BCUT2D eigenvalue weighted by Gasteiger charge is -2.16. The third-order valence-corrected chi connectivity index (χ3v) is 5.86. The molecule has 0 radical (unpaired) electrons. The molecule has 0 aliphatic carbocycles. The number of benzene rings is 2. The van der Waals surface area contributed by atoms with Crippen molar-refractivity contribution in [1.29, 1.82) is 0 Å². The van der Waals surface area contributed by atoms with Crippen LogP contribution in [0.4, 0.5) is 0 Å². The lowest BCUT2D eigenvalue weighted by atomic mass is 10.2. The third kappa shape index (κ3) is 3.83. The quantitative estimate of drug-likeness (QED) is 0.528. The number of rotatable bonds is 6. The molecule has 0 spiro atoms. The number of carbonyl (C=O) groups excluding carboxylic acids is 1. The largest absolute Gasteiger partial charge is 0.350 e. The molecule has 5 nitrogen and oxygen atoms in total. The number of pyridine rings is 1. The first kappa shape index (κ1) is 18.4. The van der Waals surface area contributed by atoms with Crippen LogP contribution in [0, 0.1) is 0 Å². The number of nitrogens with zero attached hydrogens (tertiary/aromatic N) is 1.